The number of ether oxygens (including phenoxy) is 1. The minimum atomic E-state index is -0.526. The third-order valence-corrected chi connectivity index (χ3v) is 2.47. The Morgan fingerprint density at radius 2 is 2.12 bits per heavy atom. The molecule has 1 rings (SSSR count). The number of hydrogen-bond donors (Lipinski definition) is 1. The molecule has 0 spiro atoms. The summed E-state index contributed by atoms with van der Waals surface area (Å²) in [5.41, 5.74) is 0.601. The maximum atomic E-state index is 11.8. The van der Waals surface area contributed by atoms with E-state index >= 15 is 0 Å². The molecule has 1 N–H and O–H groups in total. The molecule has 0 saturated carbocycles. The second kappa shape index (κ2) is 5.31. The standard InChI is InChI=1S/C12H14BrNO3/c1-12(2,3)17-11(15)9-5-4-8(7-14-16)6-10(9)13/h4-7,16H,1-3H3. The third kappa shape index (κ3) is 4.19. The number of nitrogens with zero attached hydrogens (tertiary/aromatic N) is 1. The second-order valence-corrected chi connectivity index (χ2v) is 5.34. The molecule has 0 saturated heterocycles. The molecule has 0 bridgehead atoms. The fraction of sp³-hybridized carbons (Fsp3) is 0.333. The highest BCUT2D eigenvalue weighted by Crippen LogP contribution is 2.21. The van der Waals surface area contributed by atoms with Gasteiger partial charge in [-0.2, -0.15) is 0 Å². The van der Waals surface area contributed by atoms with Crippen LogP contribution in [0.3, 0.4) is 0 Å². The van der Waals surface area contributed by atoms with Crippen molar-refractivity contribution in [3.05, 3.63) is 33.8 Å². The molecule has 0 amide bonds. The van der Waals surface area contributed by atoms with Crippen molar-refractivity contribution in [2.45, 2.75) is 26.4 Å². The van der Waals surface area contributed by atoms with Crippen LogP contribution in [0.5, 0.6) is 0 Å². The first kappa shape index (κ1) is 13.7. The second-order valence-electron chi connectivity index (χ2n) is 4.49. The van der Waals surface area contributed by atoms with Gasteiger partial charge in [-0.25, -0.2) is 4.79 Å². The quantitative estimate of drug-likeness (QED) is 0.395. The first-order valence-electron chi connectivity index (χ1n) is 5.04. The maximum Gasteiger partial charge on any atom is 0.339 e. The van der Waals surface area contributed by atoms with Crippen molar-refractivity contribution in [3.8, 4) is 0 Å². The Labute approximate surface area is 108 Å². The summed E-state index contributed by atoms with van der Waals surface area (Å²) in [6, 6.07) is 4.97. The van der Waals surface area contributed by atoms with E-state index in [-0.39, 0.29) is 0 Å². The van der Waals surface area contributed by atoms with Gasteiger partial charge in [0.15, 0.2) is 0 Å². The van der Waals surface area contributed by atoms with Crippen LogP contribution in [0, 0.1) is 0 Å². The molecule has 1 aromatic rings. The Morgan fingerprint density at radius 1 is 1.47 bits per heavy atom. The van der Waals surface area contributed by atoms with Gasteiger partial charge in [0.2, 0.25) is 0 Å². The number of carbonyl (C=O) groups excluding carboxylic acids is 1. The van der Waals surface area contributed by atoms with E-state index in [9.17, 15) is 4.79 Å². The largest absolute Gasteiger partial charge is 0.456 e. The molecule has 1 aromatic carbocycles. The van der Waals surface area contributed by atoms with Crippen LogP contribution in [0.1, 0.15) is 36.7 Å². The van der Waals surface area contributed by atoms with Crippen LogP contribution >= 0.6 is 15.9 Å². The normalized spacial score (nSPS) is 11.8. The Balaban J connectivity index is 2.96. The summed E-state index contributed by atoms with van der Waals surface area (Å²) in [4.78, 5) is 11.8. The van der Waals surface area contributed by atoms with Crippen LogP contribution in [0.15, 0.2) is 27.8 Å². The lowest BCUT2D eigenvalue weighted by molar-refractivity contribution is 0.00685. The minimum Gasteiger partial charge on any atom is -0.456 e. The van der Waals surface area contributed by atoms with E-state index in [1.54, 1.807) is 18.2 Å². The summed E-state index contributed by atoms with van der Waals surface area (Å²) < 4.78 is 5.85. The van der Waals surface area contributed by atoms with Crippen LogP contribution in [-0.2, 0) is 4.74 Å². The molecule has 0 aliphatic rings. The van der Waals surface area contributed by atoms with Crippen molar-refractivity contribution >= 4 is 28.1 Å². The molecular formula is C12H14BrNO3. The molecule has 0 atom stereocenters. The Kier molecular flexibility index (Phi) is 4.28. The molecule has 92 valence electrons. The number of carbonyl (C=O) groups is 1. The summed E-state index contributed by atoms with van der Waals surface area (Å²) >= 11 is 3.28. The number of hydrogen-bond acceptors (Lipinski definition) is 4. The van der Waals surface area contributed by atoms with Crippen molar-refractivity contribution < 1.29 is 14.7 Å². The van der Waals surface area contributed by atoms with Gasteiger partial charge in [-0.1, -0.05) is 11.2 Å². The zero-order valence-electron chi connectivity index (χ0n) is 9.90. The van der Waals surface area contributed by atoms with Crippen LogP contribution in [0.2, 0.25) is 0 Å². The predicted octanol–water partition coefficient (Wildman–Crippen LogP) is 3.21. The van der Waals surface area contributed by atoms with E-state index in [4.69, 9.17) is 9.94 Å². The average molecular weight is 300 g/mol. The van der Waals surface area contributed by atoms with Gasteiger partial charge in [-0.15, -0.1) is 0 Å². The average Bonchev–Trinajstić information content (AvgIpc) is 2.15. The molecule has 4 nitrogen and oxygen atoms in total. The molecule has 0 fully saturated rings. The molecule has 0 aliphatic carbocycles. The highest BCUT2D eigenvalue weighted by Gasteiger charge is 2.19. The first-order chi connectivity index (χ1) is 7.83. The number of benzene rings is 1. The van der Waals surface area contributed by atoms with Crippen molar-refractivity contribution in [2.75, 3.05) is 0 Å². The van der Waals surface area contributed by atoms with Crippen molar-refractivity contribution in [2.24, 2.45) is 5.16 Å². The number of halogens is 1. The van der Waals surface area contributed by atoms with Crippen molar-refractivity contribution in [1.82, 2.24) is 0 Å². The summed E-state index contributed by atoms with van der Waals surface area (Å²) in [7, 11) is 0. The molecular weight excluding hydrogens is 286 g/mol. The Bertz CT molecular complexity index is 450. The van der Waals surface area contributed by atoms with Crippen LogP contribution in [-0.4, -0.2) is 23.0 Å². The number of rotatable bonds is 2. The lowest BCUT2D eigenvalue weighted by atomic mass is 10.1. The lowest BCUT2D eigenvalue weighted by Crippen LogP contribution is -2.24. The summed E-state index contributed by atoms with van der Waals surface area (Å²) in [6.45, 7) is 5.43. The van der Waals surface area contributed by atoms with E-state index in [1.165, 1.54) is 6.21 Å². The Morgan fingerprint density at radius 3 is 2.59 bits per heavy atom. The monoisotopic (exact) mass is 299 g/mol. The SMILES string of the molecule is CC(C)(C)OC(=O)c1ccc(C=NO)cc1Br. The topological polar surface area (TPSA) is 58.9 Å². The zero-order valence-corrected chi connectivity index (χ0v) is 11.5. The molecule has 17 heavy (non-hydrogen) atoms. The first-order valence-corrected chi connectivity index (χ1v) is 5.83. The van der Waals surface area contributed by atoms with Gasteiger partial charge in [-0.05, 0) is 54.4 Å². The zero-order chi connectivity index (χ0) is 13.1. The fourth-order valence-electron chi connectivity index (χ4n) is 1.18. The molecule has 0 aliphatic heterocycles. The highest BCUT2D eigenvalue weighted by atomic mass is 79.9. The van der Waals surface area contributed by atoms with E-state index in [1.807, 2.05) is 20.8 Å². The highest BCUT2D eigenvalue weighted by molar-refractivity contribution is 9.10. The molecule has 0 aromatic heterocycles. The number of oxime groups is 1. The van der Waals surface area contributed by atoms with Gasteiger partial charge >= 0.3 is 5.97 Å². The number of esters is 1. The van der Waals surface area contributed by atoms with E-state index < -0.39 is 11.6 Å². The smallest absolute Gasteiger partial charge is 0.339 e. The van der Waals surface area contributed by atoms with E-state index in [0.29, 0.717) is 15.6 Å². The lowest BCUT2D eigenvalue weighted by Gasteiger charge is -2.19. The van der Waals surface area contributed by atoms with Crippen LogP contribution in [0.25, 0.3) is 0 Å². The summed E-state index contributed by atoms with van der Waals surface area (Å²) in [5.74, 6) is -0.392. The van der Waals surface area contributed by atoms with Crippen molar-refractivity contribution in [3.63, 3.8) is 0 Å². The molecule has 0 radical (unpaired) electrons. The van der Waals surface area contributed by atoms with E-state index in [0.717, 1.165) is 0 Å². The van der Waals surface area contributed by atoms with Gasteiger partial charge < -0.3 is 9.94 Å². The molecule has 5 heteroatoms. The molecule has 0 unspecified atom stereocenters. The third-order valence-electron chi connectivity index (χ3n) is 1.82. The summed E-state index contributed by atoms with van der Waals surface area (Å²) in [6.07, 6.45) is 1.28. The van der Waals surface area contributed by atoms with Gasteiger partial charge in [0.25, 0.3) is 0 Å². The Hall–Kier alpha value is -1.36. The van der Waals surface area contributed by atoms with Gasteiger partial charge in [0, 0.05) is 4.47 Å². The minimum absolute atomic E-state index is 0.392. The van der Waals surface area contributed by atoms with Crippen LogP contribution in [0.4, 0.5) is 0 Å². The van der Waals surface area contributed by atoms with Gasteiger partial charge in [-0.3, -0.25) is 0 Å². The molecule has 0 heterocycles. The fourth-order valence-corrected chi connectivity index (χ4v) is 1.74. The van der Waals surface area contributed by atoms with E-state index in [2.05, 4.69) is 21.1 Å². The maximum absolute atomic E-state index is 11.8. The van der Waals surface area contributed by atoms with Crippen molar-refractivity contribution in [1.29, 1.82) is 0 Å². The van der Waals surface area contributed by atoms with Gasteiger partial charge in [0.1, 0.15) is 5.60 Å². The predicted molar refractivity (Wildman–Crippen MR) is 68.7 cm³/mol. The van der Waals surface area contributed by atoms with Gasteiger partial charge in [0.05, 0.1) is 11.8 Å². The van der Waals surface area contributed by atoms with Crippen LogP contribution < -0.4 is 0 Å². The summed E-state index contributed by atoms with van der Waals surface area (Å²) in [5, 5.41) is 11.3.